The number of benzene rings is 2. The summed E-state index contributed by atoms with van der Waals surface area (Å²) in [5.41, 5.74) is 5.33. The third-order valence-corrected chi connectivity index (χ3v) is 7.24. The lowest BCUT2D eigenvalue weighted by atomic mass is 10.0. The summed E-state index contributed by atoms with van der Waals surface area (Å²) in [7, 11) is 0. The Hall–Kier alpha value is -2.96. The number of halogens is 1. The third kappa shape index (κ3) is 6.55. The molecule has 0 spiro atoms. The second-order valence-electron chi connectivity index (χ2n) is 7.92. The molecule has 34 heavy (non-hydrogen) atoms. The van der Waals surface area contributed by atoms with Crippen molar-refractivity contribution in [1.82, 2.24) is 10.3 Å². The second kappa shape index (κ2) is 12.0. The summed E-state index contributed by atoms with van der Waals surface area (Å²) in [6.07, 6.45) is 9.67. The number of carbonyl (C=O) groups excluding carboxylic acids is 1. The molecule has 2 heterocycles. The van der Waals surface area contributed by atoms with Crippen molar-refractivity contribution in [1.29, 1.82) is 0 Å². The normalized spacial score (nSPS) is 13.4. The number of rotatable bonds is 8. The van der Waals surface area contributed by atoms with Gasteiger partial charge in [-0.3, -0.25) is 14.8 Å². The molecule has 2 aromatic carbocycles. The van der Waals surface area contributed by atoms with E-state index < -0.39 is 0 Å². The smallest absolute Gasteiger partial charge is 0.220 e. The van der Waals surface area contributed by atoms with E-state index in [0.717, 1.165) is 39.0 Å². The highest BCUT2D eigenvalue weighted by Gasteiger charge is 2.18. The summed E-state index contributed by atoms with van der Waals surface area (Å²) in [6, 6.07) is 20.5. The SMILES string of the molecule is CC1=C(C/C=C\CCC(=O)NCc2ccncc2)Sc2ccccc2C(c2ccc(Br)cc2)=N1. The number of thioether (sulfide) groups is 1. The molecule has 0 saturated heterocycles. The van der Waals surface area contributed by atoms with Crippen LogP contribution in [0.3, 0.4) is 0 Å². The molecule has 1 N–H and O–H groups in total. The molecule has 172 valence electrons. The number of pyridine rings is 1. The van der Waals surface area contributed by atoms with Crippen LogP contribution >= 0.6 is 27.7 Å². The first kappa shape index (κ1) is 24.2. The maximum absolute atomic E-state index is 12.1. The number of nitrogens with zero attached hydrogens (tertiary/aromatic N) is 2. The first-order valence-electron chi connectivity index (χ1n) is 11.2. The summed E-state index contributed by atoms with van der Waals surface area (Å²) in [5, 5.41) is 2.95. The fraction of sp³-hybridized carbons (Fsp3) is 0.179. The molecular weight excluding hydrogens is 506 g/mol. The van der Waals surface area contributed by atoms with Gasteiger partial charge in [0.05, 0.1) is 5.71 Å². The standard InChI is InChI=1S/C28H26BrN3OS/c1-20-25(8-3-2-4-10-27(33)31-19-21-15-17-30-18-16-21)34-26-9-6-5-7-24(26)28(32-20)22-11-13-23(29)14-12-22/h2-3,5-7,9,11-18H,4,8,10,19H2,1H3,(H,31,33)/b3-2-. The minimum atomic E-state index is 0.0540. The van der Waals surface area contributed by atoms with Gasteiger partial charge in [-0.05, 0) is 55.7 Å². The number of amides is 1. The summed E-state index contributed by atoms with van der Waals surface area (Å²) >= 11 is 5.30. The van der Waals surface area contributed by atoms with Crippen molar-refractivity contribution in [3.8, 4) is 0 Å². The molecule has 0 radical (unpaired) electrons. The van der Waals surface area contributed by atoms with Gasteiger partial charge in [-0.25, -0.2) is 0 Å². The van der Waals surface area contributed by atoms with Gasteiger partial charge in [-0.2, -0.15) is 0 Å². The Kier molecular flexibility index (Phi) is 8.50. The van der Waals surface area contributed by atoms with Crippen molar-refractivity contribution >= 4 is 39.3 Å². The van der Waals surface area contributed by atoms with Gasteiger partial charge in [0.2, 0.25) is 5.91 Å². The minimum Gasteiger partial charge on any atom is -0.352 e. The van der Waals surface area contributed by atoms with Gasteiger partial charge in [-0.15, -0.1) is 0 Å². The Morgan fingerprint density at radius 3 is 2.59 bits per heavy atom. The fourth-order valence-electron chi connectivity index (χ4n) is 3.58. The van der Waals surface area contributed by atoms with Crippen LogP contribution in [0.15, 0.2) is 110 Å². The minimum absolute atomic E-state index is 0.0540. The van der Waals surface area contributed by atoms with Crippen LogP contribution in [0, 0.1) is 0 Å². The van der Waals surface area contributed by atoms with Crippen LogP contribution in [0.1, 0.15) is 42.9 Å². The molecule has 0 aliphatic carbocycles. The summed E-state index contributed by atoms with van der Waals surface area (Å²) in [6.45, 7) is 2.61. The quantitative estimate of drug-likeness (QED) is 0.316. The molecule has 0 saturated carbocycles. The number of aliphatic imine (C=N–C) groups is 1. The molecule has 0 atom stereocenters. The van der Waals surface area contributed by atoms with Gasteiger partial charge in [0.1, 0.15) is 0 Å². The van der Waals surface area contributed by atoms with E-state index >= 15 is 0 Å². The van der Waals surface area contributed by atoms with Gasteiger partial charge in [0, 0.05) is 56.5 Å². The van der Waals surface area contributed by atoms with E-state index in [1.807, 2.05) is 12.1 Å². The zero-order chi connectivity index (χ0) is 23.8. The van der Waals surface area contributed by atoms with Gasteiger partial charge in [0.25, 0.3) is 0 Å². The van der Waals surface area contributed by atoms with Crippen molar-refractivity contribution in [2.75, 3.05) is 0 Å². The average molecular weight is 533 g/mol. The van der Waals surface area contributed by atoms with E-state index in [9.17, 15) is 4.79 Å². The van der Waals surface area contributed by atoms with Crippen molar-refractivity contribution in [2.45, 2.75) is 37.6 Å². The number of hydrogen-bond donors (Lipinski definition) is 1. The fourth-order valence-corrected chi connectivity index (χ4v) is 4.90. The van der Waals surface area contributed by atoms with E-state index in [-0.39, 0.29) is 5.91 Å². The van der Waals surface area contributed by atoms with Gasteiger partial charge in [0.15, 0.2) is 0 Å². The molecule has 1 aromatic heterocycles. The molecule has 0 bridgehead atoms. The number of aromatic nitrogens is 1. The van der Waals surface area contributed by atoms with Gasteiger partial charge >= 0.3 is 0 Å². The highest BCUT2D eigenvalue weighted by atomic mass is 79.9. The predicted molar refractivity (Wildman–Crippen MR) is 144 cm³/mol. The molecule has 0 unspecified atom stereocenters. The molecule has 1 amide bonds. The van der Waals surface area contributed by atoms with Crippen LogP contribution in [0.2, 0.25) is 0 Å². The van der Waals surface area contributed by atoms with E-state index in [0.29, 0.717) is 19.4 Å². The lowest BCUT2D eigenvalue weighted by Crippen LogP contribution is -2.22. The molecule has 4 nitrogen and oxygen atoms in total. The molecule has 1 aliphatic rings. The van der Waals surface area contributed by atoms with Crippen molar-refractivity contribution < 1.29 is 4.79 Å². The van der Waals surface area contributed by atoms with Crippen molar-refractivity contribution in [2.24, 2.45) is 4.99 Å². The Balaban J connectivity index is 1.39. The third-order valence-electron chi connectivity index (χ3n) is 5.42. The summed E-state index contributed by atoms with van der Waals surface area (Å²) < 4.78 is 1.05. The van der Waals surface area contributed by atoms with Gasteiger partial charge < -0.3 is 5.32 Å². The molecule has 6 heteroatoms. The first-order chi connectivity index (χ1) is 16.6. The Morgan fingerprint density at radius 2 is 1.79 bits per heavy atom. The average Bonchev–Trinajstić information content (AvgIpc) is 3.00. The largest absolute Gasteiger partial charge is 0.352 e. The van der Waals surface area contributed by atoms with Crippen LogP contribution in [0.5, 0.6) is 0 Å². The molecule has 0 fully saturated rings. The maximum atomic E-state index is 12.1. The van der Waals surface area contributed by atoms with Crippen LogP contribution in [0.4, 0.5) is 0 Å². The monoisotopic (exact) mass is 531 g/mol. The number of fused-ring (bicyclic) bond motifs is 1. The van der Waals surface area contributed by atoms with Gasteiger partial charge in [-0.1, -0.05) is 70.2 Å². The number of allylic oxidation sites excluding steroid dienone is 4. The highest BCUT2D eigenvalue weighted by Crippen LogP contribution is 2.38. The molecule has 4 rings (SSSR count). The molecule has 3 aromatic rings. The summed E-state index contributed by atoms with van der Waals surface area (Å²) in [4.78, 5) is 23.6. The topological polar surface area (TPSA) is 54.4 Å². The lowest BCUT2D eigenvalue weighted by Gasteiger charge is -2.09. The number of nitrogens with one attached hydrogen (secondary N) is 1. The zero-order valence-corrected chi connectivity index (χ0v) is 21.4. The first-order valence-corrected chi connectivity index (χ1v) is 12.8. The van der Waals surface area contributed by atoms with Crippen LogP contribution in [-0.2, 0) is 11.3 Å². The lowest BCUT2D eigenvalue weighted by molar-refractivity contribution is -0.121. The zero-order valence-electron chi connectivity index (χ0n) is 19.0. The second-order valence-corrected chi connectivity index (χ2v) is 9.97. The summed E-state index contributed by atoms with van der Waals surface area (Å²) in [5.74, 6) is 0.0540. The van der Waals surface area contributed by atoms with E-state index in [2.05, 4.69) is 93.8 Å². The Bertz CT molecular complexity index is 1230. The van der Waals surface area contributed by atoms with Crippen LogP contribution in [0.25, 0.3) is 0 Å². The Labute approximate surface area is 213 Å². The van der Waals surface area contributed by atoms with E-state index in [1.54, 1.807) is 24.2 Å². The van der Waals surface area contributed by atoms with Crippen molar-refractivity contribution in [3.05, 3.63) is 117 Å². The molecular formula is C28H26BrN3OS. The highest BCUT2D eigenvalue weighted by molar-refractivity contribution is 9.10. The predicted octanol–water partition coefficient (Wildman–Crippen LogP) is 7.06. The number of hydrogen-bond acceptors (Lipinski definition) is 4. The van der Waals surface area contributed by atoms with E-state index in [4.69, 9.17) is 4.99 Å². The number of carbonyl (C=O) groups is 1. The van der Waals surface area contributed by atoms with E-state index in [1.165, 1.54) is 9.80 Å². The van der Waals surface area contributed by atoms with Crippen LogP contribution < -0.4 is 5.32 Å². The van der Waals surface area contributed by atoms with Crippen LogP contribution in [-0.4, -0.2) is 16.6 Å². The molecule has 1 aliphatic heterocycles. The Morgan fingerprint density at radius 1 is 1.03 bits per heavy atom. The maximum Gasteiger partial charge on any atom is 0.220 e. The van der Waals surface area contributed by atoms with Crippen molar-refractivity contribution in [3.63, 3.8) is 0 Å².